The minimum atomic E-state index is -1.25. The van der Waals surface area contributed by atoms with Crippen LogP contribution in [0.3, 0.4) is 0 Å². The van der Waals surface area contributed by atoms with E-state index in [1.807, 2.05) is 13.8 Å². The SMILES string of the molecule is CCOC(=O)c1cc(C(C)C)sc1NC(=O)CN1C(=O)NC2(CCOc3ccccc32)C1=O. The van der Waals surface area contributed by atoms with E-state index >= 15 is 0 Å². The summed E-state index contributed by atoms with van der Waals surface area (Å²) >= 11 is 1.27. The minimum absolute atomic E-state index is 0.146. The summed E-state index contributed by atoms with van der Waals surface area (Å²) in [6.07, 6.45) is 0.266. The average molecular weight is 472 g/mol. The maximum Gasteiger partial charge on any atom is 0.341 e. The van der Waals surface area contributed by atoms with Crippen molar-refractivity contribution >= 4 is 40.2 Å². The number of carbonyl (C=O) groups is 4. The van der Waals surface area contributed by atoms with Crippen LogP contribution in [0.4, 0.5) is 9.80 Å². The third-order valence-electron chi connectivity index (χ3n) is 5.63. The molecular weight excluding hydrogens is 446 g/mol. The van der Waals surface area contributed by atoms with Crippen LogP contribution in [0.1, 0.15) is 53.9 Å². The highest BCUT2D eigenvalue weighted by Crippen LogP contribution is 2.41. The van der Waals surface area contributed by atoms with Gasteiger partial charge in [0.25, 0.3) is 5.91 Å². The van der Waals surface area contributed by atoms with Crippen LogP contribution < -0.4 is 15.4 Å². The van der Waals surface area contributed by atoms with Crippen molar-refractivity contribution < 1.29 is 28.7 Å². The predicted octanol–water partition coefficient (Wildman–Crippen LogP) is 3.22. The smallest absolute Gasteiger partial charge is 0.341 e. The van der Waals surface area contributed by atoms with E-state index in [2.05, 4.69) is 10.6 Å². The molecule has 1 atom stereocenters. The van der Waals surface area contributed by atoms with Gasteiger partial charge in [-0.1, -0.05) is 32.0 Å². The highest BCUT2D eigenvalue weighted by atomic mass is 32.1. The Kier molecular flexibility index (Phi) is 6.11. The summed E-state index contributed by atoms with van der Waals surface area (Å²) in [6, 6.07) is 8.09. The van der Waals surface area contributed by atoms with Crippen LogP contribution >= 0.6 is 11.3 Å². The molecule has 33 heavy (non-hydrogen) atoms. The summed E-state index contributed by atoms with van der Waals surface area (Å²) in [5, 5.41) is 5.78. The topological polar surface area (TPSA) is 114 Å². The van der Waals surface area contributed by atoms with Gasteiger partial charge < -0.3 is 20.1 Å². The maximum absolute atomic E-state index is 13.3. The highest BCUT2D eigenvalue weighted by molar-refractivity contribution is 7.16. The number of nitrogens with zero attached hydrogens (tertiary/aromatic N) is 1. The molecule has 1 saturated heterocycles. The molecule has 1 fully saturated rings. The number of anilines is 1. The second-order valence-corrected chi connectivity index (χ2v) is 9.22. The van der Waals surface area contributed by atoms with Crippen LogP contribution in [0.5, 0.6) is 5.75 Å². The van der Waals surface area contributed by atoms with Gasteiger partial charge in [-0.05, 0) is 25.0 Å². The molecule has 2 aliphatic heterocycles. The number of imide groups is 1. The van der Waals surface area contributed by atoms with Crippen molar-refractivity contribution in [1.82, 2.24) is 10.2 Å². The molecule has 2 aliphatic rings. The molecule has 9 nitrogen and oxygen atoms in total. The van der Waals surface area contributed by atoms with Gasteiger partial charge in [0.05, 0.1) is 18.8 Å². The van der Waals surface area contributed by atoms with Gasteiger partial charge in [0.15, 0.2) is 5.54 Å². The van der Waals surface area contributed by atoms with Crippen molar-refractivity contribution in [3.63, 3.8) is 0 Å². The first-order valence-corrected chi connectivity index (χ1v) is 11.6. The van der Waals surface area contributed by atoms with Gasteiger partial charge in [0.1, 0.15) is 17.3 Å². The second kappa shape index (κ2) is 8.86. The first-order chi connectivity index (χ1) is 15.8. The van der Waals surface area contributed by atoms with Gasteiger partial charge in [-0.3, -0.25) is 14.5 Å². The fourth-order valence-electron chi connectivity index (χ4n) is 3.97. The number of ether oxygens (including phenoxy) is 2. The quantitative estimate of drug-likeness (QED) is 0.494. The summed E-state index contributed by atoms with van der Waals surface area (Å²) in [5.41, 5.74) is -0.427. The summed E-state index contributed by atoms with van der Waals surface area (Å²) in [7, 11) is 0. The number of nitrogens with one attached hydrogen (secondary N) is 2. The molecule has 1 aromatic carbocycles. The molecule has 0 aliphatic carbocycles. The molecule has 4 rings (SSSR count). The van der Waals surface area contributed by atoms with Crippen LogP contribution in [0, 0.1) is 0 Å². The molecule has 1 unspecified atom stereocenters. The third-order valence-corrected chi connectivity index (χ3v) is 6.98. The lowest BCUT2D eigenvalue weighted by Crippen LogP contribution is -2.48. The van der Waals surface area contributed by atoms with Crippen molar-refractivity contribution in [3.05, 3.63) is 46.3 Å². The number of thiophene rings is 1. The zero-order valence-electron chi connectivity index (χ0n) is 18.6. The zero-order chi connectivity index (χ0) is 23.8. The Labute approximate surface area is 195 Å². The molecule has 0 bridgehead atoms. The zero-order valence-corrected chi connectivity index (χ0v) is 19.4. The number of esters is 1. The molecule has 2 aromatic rings. The lowest BCUT2D eigenvalue weighted by atomic mass is 9.84. The average Bonchev–Trinajstić information content (AvgIpc) is 3.30. The summed E-state index contributed by atoms with van der Waals surface area (Å²) < 4.78 is 10.7. The van der Waals surface area contributed by atoms with Gasteiger partial charge in [0, 0.05) is 16.9 Å². The van der Waals surface area contributed by atoms with Crippen molar-refractivity contribution in [2.45, 2.75) is 38.6 Å². The highest BCUT2D eigenvalue weighted by Gasteiger charge is 2.55. The predicted molar refractivity (Wildman–Crippen MR) is 121 cm³/mol. The first kappa shape index (κ1) is 22.8. The van der Waals surface area contributed by atoms with Gasteiger partial charge >= 0.3 is 12.0 Å². The number of para-hydroxylation sites is 1. The maximum atomic E-state index is 13.3. The van der Waals surface area contributed by atoms with E-state index in [-0.39, 0.29) is 31.1 Å². The molecule has 2 N–H and O–H groups in total. The van der Waals surface area contributed by atoms with E-state index in [9.17, 15) is 19.2 Å². The van der Waals surface area contributed by atoms with Crippen LogP contribution in [-0.2, 0) is 19.9 Å². The van der Waals surface area contributed by atoms with Crippen molar-refractivity contribution in [1.29, 1.82) is 0 Å². The lowest BCUT2D eigenvalue weighted by Gasteiger charge is -2.33. The molecule has 0 radical (unpaired) electrons. The van der Waals surface area contributed by atoms with Crippen molar-refractivity contribution in [2.24, 2.45) is 0 Å². The van der Waals surface area contributed by atoms with Crippen LogP contribution in [-0.4, -0.2) is 48.5 Å². The number of carbonyl (C=O) groups excluding carboxylic acids is 4. The Morgan fingerprint density at radius 1 is 1.30 bits per heavy atom. The fourth-order valence-corrected chi connectivity index (χ4v) is 5.04. The Hall–Kier alpha value is -3.40. The minimum Gasteiger partial charge on any atom is -0.493 e. The van der Waals surface area contributed by atoms with Gasteiger partial charge in [-0.15, -0.1) is 11.3 Å². The molecule has 4 amide bonds. The lowest BCUT2D eigenvalue weighted by molar-refractivity contribution is -0.135. The van der Waals surface area contributed by atoms with E-state index in [0.717, 1.165) is 9.78 Å². The number of fused-ring (bicyclic) bond motifs is 2. The van der Waals surface area contributed by atoms with E-state index in [4.69, 9.17) is 9.47 Å². The molecule has 10 heteroatoms. The van der Waals surface area contributed by atoms with Gasteiger partial charge in [0.2, 0.25) is 5.91 Å². The Balaban J connectivity index is 1.54. The van der Waals surface area contributed by atoms with Crippen molar-refractivity contribution in [2.75, 3.05) is 25.1 Å². The summed E-state index contributed by atoms with van der Waals surface area (Å²) in [6.45, 7) is 5.64. The van der Waals surface area contributed by atoms with E-state index in [1.165, 1.54) is 11.3 Å². The number of urea groups is 1. The van der Waals surface area contributed by atoms with Crippen LogP contribution in [0.25, 0.3) is 0 Å². The Bertz CT molecular complexity index is 1130. The second-order valence-electron chi connectivity index (χ2n) is 8.14. The fraction of sp³-hybridized carbons (Fsp3) is 0.391. The van der Waals surface area contributed by atoms with E-state index in [0.29, 0.717) is 16.3 Å². The molecule has 1 aromatic heterocycles. The Morgan fingerprint density at radius 2 is 2.06 bits per heavy atom. The normalized spacial score (nSPS) is 19.3. The van der Waals surface area contributed by atoms with E-state index in [1.54, 1.807) is 37.3 Å². The first-order valence-electron chi connectivity index (χ1n) is 10.7. The molecule has 3 heterocycles. The molecule has 174 valence electrons. The monoisotopic (exact) mass is 471 g/mol. The number of hydrogen-bond acceptors (Lipinski definition) is 7. The van der Waals surface area contributed by atoms with Crippen LogP contribution in [0.15, 0.2) is 30.3 Å². The molecular formula is C23H25N3O6S. The third kappa shape index (κ3) is 4.06. The Morgan fingerprint density at radius 3 is 2.79 bits per heavy atom. The van der Waals surface area contributed by atoms with Crippen LogP contribution in [0.2, 0.25) is 0 Å². The number of benzene rings is 1. The van der Waals surface area contributed by atoms with Crippen molar-refractivity contribution in [3.8, 4) is 5.75 Å². The van der Waals surface area contributed by atoms with E-state index < -0.39 is 35.9 Å². The number of amides is 4. The molecule has 1 spiro atoms. The summed E-state index contributed by atoms with van der Waals surface area (Å²) in [5.74, 6) is -0.948. The van der Waals surface area contributed by atoms with Gasteiger partial charge in [-0.25, -0.2) is 9.59 Å². The summed E-state index contributed by atoms with van der Waals surface area (Å²) in [4.78, 5) is 53.0. The number of rotatable bonds is 6. The number of hydrogen-bond donors (Lipinski definition) is 2. The van der Waals surface area contributed by atoms with Gasteiger partial charge in [-0.2, -0.15) is 0 Å². The largest absolute Gasteiger partial charge is 0.493 e. The standard InChI is InChI=1S/C23H25N3O6S/c1-4-31-20(28)14-11-17(13(2)3)33-19(14)24-18(27)12-26-21(29)23(25-22(26)30)9-10-32-16-8-6-5-7-15(16)23/h5-8,11,13H,4,9-10,12H2,1-3H3,(H,24,27)(H,25,30). The molecule has 0 saturated carbocycles.